The van der Waals surface area contributed by atoms with Crippen molar-refractivity contribution in [1.29, 1.82) is 0 Å². The van der Waals surface area contributed by atoms with E-state index in [-0.39, 0.29) is 0 Å². The summed E-state index contributed by atoms with van der Waals surface area (Å²) in [5, 5.41) is 3.62. The minimum atomic E-state index is 0.505. The van der Waals surface area contributed by atoms with E-state index >= 15 is 0 Å². The minimum Gasteiger partial charge on any atom is -0.350 e. The van der Waals surface area contributed by atoms with Gasteiger partial charge in [0.15, 0.2) is 0 Å². The molecule has 0 aliphatic carbocycles. The van der Waals surface area contributed by atoms with Crippen LogP contribution in [0.15, 0.2) is 18.2 Å². The second kappa shape index (κ2) is 16.8. The Labute approximate surface area is 193 Å². The predicted octanol–water partition coefficient (Wildman–Crippen LogP) is 10.2. The summed E-state index contributed by atoms with van der Waals surface area (Å²) in [7, 11) is 0. The lowest BCUT2D eigenvalue weighted by Crippen LogP contribution is -2.13. The molecule has 0 atom stereocenters. The van der Waals surface area contributed by atoms with Gasteiger partial charge in [-0.1, -0.05) is 142 Å². The molecule has 172 valence electrons. The van der Waals surface area contributed by atoms with E-state index in [1.807, 2.05) is 0 Å². The van der Waals surface area contributed by atoms with Crippen LogP contribution in [0.3, 0.4) is 0 Å². The quantitative estimate of drug-likeness (QED) is 0.194. The van der Waals surface area contributed by atoms with E-state index < -0.39 is 0 Å². The molecule has 0 aliphatic heterocycles. The highest BCUT2D eigenvalue weighted by Gasteiger charge is 2.14. The Morgan fingerprint density at radius 3 is 1.50 bits per heavy atom. The monoisotopic (exact) mass is 431 g/mol. The number of unbranched alkanes of at least 4 members (excludes halogenated alkanes) is 12. The smallest absolute Gasteiger partial charge is 0.0797 e. The molecular weight excluding hydrogens is 382 g/mol. The Morgan fingerprint density at radius 1 is 0.700 bits per heavy atom. The molecule has 0 saturated heterocycles. The molecule has 0 aliphatic rings. The fourth-order valence-electron chi connectivity index (χ4n) is 4.20. The first kappa shape index (κ1) is 27.1. The van der Waals surface area contributed by atoms with Gasteiger partial charge in [0, 0.05) is 5.69 Å². The lowest BCUT2D eigenvalue weighted by Gasteiger charge is -2.21. The van der Waals surface area contributed by atoms with Gasteiger partial charge in [0.05, 0.1) is 4.99 Å². The number of hydrogen-bond donors (Lipinski definition) is 1. The van der Waals surface area contributed by atoms with Crippen LogP contribution in [-0.2, 0) is 0 Å². The SMILES string of the molecule is CCCCCCCCCCCCCCCC(=S)Nc1c(C(C)C)cccc1C(C)C. The molecular formula is C28H49NS. The largest absolute Gasteiger partial charge is 0.350 e. The van der Waals surface area contributed by atoms with Crippen LogP contribution in [0, 0.1) is 0 Å². The summed E-state index contributed by atoms with van der Waals surface area (Å²) < 4.78 is 0. The predicted molar refractivity (Wildman–Crippen MR) is 141 cm³/mol. The van der Waals surface area contributed by atoms with E-state index in [1.54, 1.807) is 0 Å². The van der Waals surface area contributed by atoms with Crippen LogP contribution in [0.25, 0.3) is 0 Å². The van der Waals surface area contributed by atoms with Gasteiger partial charge in [0.2, 0.25) is 0 Å². The van der Waals surface area contributed by atoms with Crippen molar-refractivity contribution in [3.63, 3.8) is 0 Å². The molecule has 0 spiro atoms. The zero-order chi connectivity index (χ0) is 22.2. The van der Waals surface area contributed by atoms with E-state index in [2.05, 4.69) is 58.1 Å². The number of hydrogen-bond acceptors (Lipinski definition) is 1. The highest BCUT2D eigenvalue weighted by atomic mass is 32.1. The van der Waals surface area contributed by atoms with Gasteiger partial charge in [0.25, 0.3) is 0 Å². The van der Waals surface area contributed by atoms with E-state index in [9.17, 15) is 0 Å². The maximum atomic E-state index is 5.70. The van der Waals surface area contributed by atoms with Crippen molar-refractivity contribution in [2.45, 2.75) is 136 Å². The number of anilines is 1. The van der Waals surface area contributed by atoms with Crippen molar-refractivity contribution < 1.29 is 0 Å². The molecule has 0 fully saturated rings. The molecule has 0 amide bonds. The zero-order valence-electron chi connectivity index (χ0n) is 20.7. The third-order valence-electron chi connectivity index (χ3n) is 6.14. The van der Waals surface area contributed by atoms with Crippen LogP contribution in [0.1, 0.15) is 147 Å². The van der Waals surface area contributed by atoms with Gasteiger partial charge >= 0.3 is 0 Å². The number of nitrogens with one attached hydrogen (secondary N) is 1. The fourth-order valence-corrected chi connectivity index (χ4v) is 4.45. The summed E-state index contributed by atoms with van der Waals surface area (Å²) in [6.07, 6.45) is 19.1. The second-order valence-corrected chi connectivity index (χ2v) is 10.2. The number of rotatable bonds is 17. The topological polar surface area (TPSA) is 12.0 Å². The number of thiocarbonyl (C=S) groups is 1. The molecule has 1 aromatic carbocycles. The van der Waals surface area contributed by atoms with Crippen LogP contribution in [-0.4, -0.2) is 4.99 Å². The second-order valence-electron chi connectivity index (χ2n) is 9.66. The maximum Gasteiger partial charge on any atom is 0.0797 e. The Kier molecular flexibility index (Phi) is 15.2. The Morgan fingerprint density at radius 2 is 1.10 bits per heavy atom. The highest BCUT2D eigenvalue weighted by Crippen LogP contribution is 2.32. The molecule has 0 bridgehead atoms. The van der Waals surface area contributed by atoms with E-state index in [4.69, 9.17) is 12.2 Å². The average Bonchev–Trinajstić information content (AvgIpc) is 2.71. The van der Waals surface area contributed by atoms with Crippen molar-refractivity contribution in [2.75, 3.05) is 5.32 Å². The van der Waals surface area contributed by atoms with Crippen molar-refractivity contribution in [2.24, 2.45) is 0 Å². The first-order valence-electron chi connectivity index (χ1n) is 12.9. The van der Waals surface area contributed by atoms with Gasteiger partial charge in [-0.25, -0.2) is 0 Å². The third-order valence-corrected chi connectivity index (χ3v) is 6.45. The van der Waals surface area contributed by atoms with Crippen LogP contribution in [0.5, 0.6) is 0 Å². The van der Waals surface area contributed by atoms with Gasteiger partial charge in [-0.05, 0) is 35.8 Å². The first-order valence-corrected chi connectivity index (χ1v) is 13.3. The molecule has 0 radical (unpaired) electrons. The molecule has 1 aromatic rings. The molecule has 0 heterocycles. The summed E-state index contributed by atoms with van der Waals surface area (Å²) >= 11 is 5.70. The number of para-hydroxylation sites is 1. The molecule has 30 heavy (non-hydrogen) atoms. The van der Waals surface area contributed by atoms with Crippen molar-refractivity contribution in [3.05, 3.63) is 29.3 Å². The molecule has 1 rings (SSSR count). The maximum absolute atomic E-state index is 5.70. The number of benzene rings is 1. The summed E-state index contributed by atoms with van der Waals surface area (Å²) in [5.41, 5.74) is 4.03. The summed E-state index contributed by atoms with van der Waals surface area (Å²) in [6.45, 7) is 11.3. The summed E-state index contributed by atoms with van der Waals surface area (Å²) in [6, 6.07) is 6.67. The Hall–Kier alpha value is -0.890. The van der Waals surface area contributed by atoms with Crippen LogP contribution in [0.4, 0.5) is 5.69 Å². The van der Waals surface area contributed by atoms with E-state index in [1.165, 1.54) is 100 Å². The van der Waals surface area contributed by atoms with E-state index in [0.29, 0.717) is 11.8 Å². The summed E-state index contributed by atoms with van der Waals surface area (Å²) in [4.78, 5) is 1.01. The van der Waals surface area contributed by atoms with Crippen molar-refractivity contribution in [3.8, 4) is 0 Å². The highest BCUT2D eigenvalue weighted by molar-refractivity contribution is 7.80. The van der Waals surface area contributed by atoms with Crippen LogP contribution < -0.4 is 5.32 Å². The van der Waals surface area contributed by atoms with Gasteiger partial charge in [-0.3, -0.25) is 0 Å². The van der Waals surface area contributed by atoms with Gasteiger partial charge in [-0.2, -0.15) is 0 Å². The minimum absolute atomic E-state index is 0.505. The molecule has 2 heteroatoms. The Bertz CT molecular complexity index is 550. The van der Waals surface area contributed by atoms with Crippen molar-refractivity contribution in [1.82, 2.24) is 0 Å². The lowest BCUT2D eigenvalue weighted by molar-refractivity contribution is 0.541. The van der Waals surface area contributed by atoms with Gasteiger partial charge in [0.1, 0.15) is 0 Å². The molecule has 0 aromatic heterocycles. The van der Waals surface area contributed by atoms with Crippen molar-refractivity contribution >= 4 is 22.9 Å². The lowest BCUT2D eigenvalue weighted by atomic mass is 9.92. The fraction of sp³-hybridized carbons (Fsp3) is 0.750. The molecule has 1 N–H and O–H groups in total. The molecule has 1 nitrogen and oxygen atoms in total. The molecule has 0 saturated carbocycles. The third kappa shape index (κ3) is 11.5. The van der Waals surface area contributed by atoms with Gasteiger partial charge < -0.3 is 5.32 Å². The van der Waals surface area contributed by atoms with Crippen LogP contribution in [0.2, 0.25) is 0 Å². The van der Waals surface area contributed by atoms with E-state index in [0.717, 1.165) is 11.4 Å². The standard InChI is InChI=1S/C28H49NS/c1-6-7-8-9-10-11-12-13-14-15-16-17-18-22-27(30)29-28-25(23(2)3)20-19-21-26(28)24(4)5/h19-21,23-24H,6-18,22H2,1-5H3,(H,29,30). The normalized spacial score (nSPS) is 11.4. The first-order chi connectivity index (χ1) is 14.5. The summed E-state index contributed by atoms with van der Waals surface area (Å²) in [5.74, 6) is 1.01. The van der Waals surface area contributed by atoms with Crippen LogP contribution >= 0.6 is 12.2 Å². The Balaban J connectivity index is 2.17. The zero-order valence-corrected chi connectivity index (χ0v) is 21.5. The molecule has 0 unspecified atom stereocenters. The average molecular weight is 432 g/mol. The van der Waals surface area contributed by atoms with Gasteiger partial charge in [-0.15, -0.1) is 0 Å².